The van der Waals surface area contributed by atoms with Gasteiger partial charge in [-0.25, -0.2) is 0 Å². The highest BCUT2D eigenvalue weighted by molar-refractivity contribution is 9.10. The van der Waals surface area contributed by atoms with Crippen molar-refractivity contribution in [3.05, 3.63) is 27.7 Å². The summed E-state index contributed by atoms with van der Waals surface area (Å²) in [5.41, 5.74) is 0.322. The van der Waals surface area contributed by atoms with Crippen LogP contribution in [0.1, 0.15) is 25.7 Å². The lowest BCUT2D eigenvalue weighted by Crippen LogP contribution is -2.39. The largest absolute Gasteiger partial charge is 0.392 e. The Morgan fingerprint density at radius 2 is 1.95 bits per heavy atom. The van der Waals surface area contributed by atoms with Crippen LogP contribution in [-0.2, 0) is 4.79 Å². The van der Waals surface area contributed by atoms with Crippen molar-refractivity contribution in [3.8, 4) is 0 Å². The van der Waals surface area contributed by atoms with Crippen molar-refractivity contribution in [1.82, 2.24) is 0 Å². The molecule has 0 aliphatic heterocycles. The van der Waals surface area contributed by atoms with Gasteiger partial charge < -0.3 is 5.32 Å². The lowest BCUT2D eigenvalue weighted by atomic mass is 9.78. The minimum absolute atomic E-state index is 0.00774. The Morgan fingerprint density at radius 1 is 1.29 bits per heavy atom. The third-order valence-electron chi connectivity index (χ3n) is 3.71. The highest BCUT2D eigenvalue weighted by atomic mass is 79.9. The Kier molecular flexibility index (Phi) is 5.20. The van der Waals surface area contributed by atoms with Crippen LogP contribution < -0.4 is 5.32 Å². The predicted octanol–water partition coefficient (Wildman–Crippen LogP) is 5.41. The second kappa shape index (κ2) is 6.57. The average Bonchev–Trinajstić information content (AvgIpc) is 2.42. The third kappa shape index (κ3) is 4.13. The van der Waals surface area contributed by atoms with Gasteiger partial charge in [0.15, 0.2) is 0 Å². The Balaban J connectivity index is 2.16. The van der Waals surface area contributed by atoms with Gasteiger partial charge in [0.1, 0.15) is 0 Å². The van der Waals surface area contributed by atoms with Gasteiger partial charge in [0.25, 0.3) is 0 Å². The molecule has 1 saturated carbocycles. The zero-order valence-electron chi connectivity index (χ0n) is 11.0. The van der Waals surface area contributed by atoms with E-state index in [4.69, 9.17) is 11.6 Å². The van der Waals surface area contributed by atoms with Gasteiger partial charge >= 0.3 is 6.18 Å². The van der Waals surface area contributed by atoms with E-state index in [0.29, 0.717) is 28.0 Å². The first-order chi connectivity index (χ1) is 9.79. The fourth-order valence-corrected chi connectivity index (χ4v) is 3.18. The minimum atomic E-state index is -4.34. The summed E-state index contributed by atoms with van der Waals surface area (Å²) in [5, 5.41) is 2.82. The predicted molar refractivity (Wildman–Crippen MR) is 79.3 cm³/mol. The van der Waals surface area contributed by atoms with Crippen LogP contribution in [-0.4, -0.2) is 12.1 Å². The van der Waals surface area contributed by atoms with Crippen LogP contribution in [0.3, 0.4) is 0 Å². The zero-order valence-corrected chi connectivity index (χ0v) is 13.4. The van der Waals surface area contributed by atoms with Gasteiger partial charge in [0.05, 0.1) is 16.6 Å². The van der Waals surface area contributed by atoms with Crippen molar-refractivity contribution in [1.29, 1.82) is 0 Å². The minimum Gasteiger partial charge on any atom is -0.324 e. The molecule has 7 heteroatoms. The number of amides is 1. The second-order valence-corrected chi connectivity index (χ2v) is 6.48. The molecule has 2 rings (SSSR count). The average molecular weight is 385 g/mol. The number of anilines is 1. The van der Waals surface area contributed by atoms with Crippen LogP contribution in [0.25, 0.3) is 0 Å². The molecule has 1 aliphatic rings. The Hall–Kier alpha value is -0.750. The zero-order chi connectivity index (χ0) is 15.6. The summed E-state index contributed by atoms with van der Waals surface area (Å²) < 4.78 is 39.8. The Morgan fingerprint density at radius 3 is 2.62 bits per heavy atom. The topological polar surface area (TPSA) is 29.1 Å². The van der Waals surface area contributed by atoms with E-state index in [1.807, 2.05) is 0 Å². The molecule has 1 aromatic carbocycles. The first-order valence-corrected chi connectivity index (χ1v) is 7.79. The number of benzene rings is 1. The molecule has 0 radical (unpaired) electrons. The maximum absolute atomic E-state index is 13.0. The molecule has 1 N–H and O–H groups in total. The van der Waals surface area contributed by atoms with Crippen molar-refractivity contribution in [3.63, 3.8) is 0 Å². The SMILES string of the molecule is O=C(Nc1cc(Br)ccc1Cl)C1CCCCC1C(F)(F)F. The van der Waals surface area contributed by atoms with E-state index in [9.17, 15) is 18.0 Å². The summed E-state index contributed by atoms with van der Waals surface area (Å²) in [4.78, 5) is 12.2. The van der Waals surface area contributed by atoms with Gasteiger partial charge in [-0.1, -0.05) is 40.4 Å². The van der Waals surface area contributed by atoms with Gasteiger partial charge in [0, 0.05) is 10.4 Å². The van der Waals surface area contributed by atoms with E-state index < -0.39 is 23.9 Å². The summed E-state index contributed by atoms with van der Waals surface area (Å²) in [6, 6.07) is 4.84. The molecule has 0 heterocycles. The molecular formula is C14H14BrClF3NO. The van der Waals surface area contributed by atoms with E-state index >= 15 is 0 Å². The molecule has 0 aromatic heterocycles. The number of carbonyl (C=O) groups excluding carboxylic acids is 1. The number of hydrogen-bond acceptors (Lipinski definition) is 1. The van der Waals surface area contributed by atoms with Crippen LogP contribution >= 0.6 is 27.5 Å². The fraction of sp³-hybridized carbons (Fsp3) is 0.500. The van der Waals surface area contributed by atoms with Crippen molar-refractivity contribution in [2.24, 2.45) is 11.8 Å². The molecule has 0 bridgehead atoms. The van der Waals surface area contributed by atoms with E-state index in [2.05, 4.69) is 21.2 Å². The molecule has 2 atom stereocenters. The molecule has 1 amide bonds. The molecule has 2 unspecified atom stereocenters. The van der Waals surface area contributed by atoms with Gasteiger partial charge in [-0.3, -0.25) is 4.79 Å². The van der Waals surface area contributed by atoms with Crippen LogP contribution in [0.15, 0.2) is 22.7 Å². The Bertz CT molecular complexity index is 535. The maximum atomic E-state index is 13.0. The fourth-order valence-electron chi connectivity index (χ4n) is 2.66. The van der Waals surface area contributed by atoms with E-state index in [1.54, 1.807) is 18.2 Å². The quantitative estimate of drug-likeness (QED) is 0.726. The van der Waals surface area contributed by atoms with E-state index in [0.717, 1.165) is 0 Å². The number of alkyl halides is 3. The van der Waals surface area contributed by atoms with Crippen molar-refractivity contribution >= 4 is 39.1 Å². The number of halogens is 5. The van der Waals surface area contributed by atoms with Crippen LogP contribution in [0.5, 0.6) is 0 Å². The summed E-state index contributed by atoms with van der Waals surface area (Å²) in [6.45, 7) is 0. The first-order valence-electron chi connectivity index (χ1n) is 6.61. The summed E-state index contributed by atoms with van der Waals surface area (Å²) >= 11 is 9.18. The molecular weight excluding hydrogens is 371 g/mol. The first kappa shape index (κ1) is 16.6. The molecule has 0 saturated heterocycles. The standard InChI is InChI=1S/C14H14BrClF3NO/c15-8-5-6-11(16)12(7-8)20-13(21)9-3-1-2-4-10(9)14(17,18)19/h5-7,9-10H,1-4H2,(H,20,21). The summed E-state index contributed by atoms with van der Waals surface area (Å²) in [6.07, 6.45) is -2.94. The molecule has 21 heavy (non-hydrogen) atoms. The highest BCUT2D eigenvalue weighted by Gasteiger charge is 2.48. The van der Waals surface area contributed by atoms with Gasteiger partial charge in [-0.15, -0.1) is 0 Å². The molecule has 1 fully saturated rings. The van der Waals surface area contributed by atoms with Gasteiger partial charge in [0.2, 0.25) is 5.91 Å². The van der Waals surface area contributed by atoms with Crippen LogP contribution in [0.4, 0.5) is 18.9 Å². The Labute approximate surface area is 134 Å². The second-order valence-electron chi connectivity index (χ2n) is 5.15. The molecule has 2 nitrogen and oxygen atoms in total. The van der Waals surface area contributed by atoms with Crippen molar-refractivity contribution < 1.29 is 18.0 Å². The molecule has 1 aliphatic carbocycles. The molecule has 1 aromatic rings. The van der Waals surface area contributed by atoms with E-state index in [1.165, 1.54) is 0 Å². The maximum Gasteiger partial charge on any atom is 0.392 e. The molecule has 116 valence electrons. The highest BCUT2D eigenvalue weighted by Crippen LogP contribution is 2.42. The van der Waals surface area contributed by atoms with Crippen LogP contribution in [0, 0.1) is 11.8 Å². The number of hydrogen-bond donors (Lipinski definition) is 1. The summed E-state index contributed by atoms with van der Waals surface area (Å²) in [7, 11) is 0. The van der Waals surface area contributed by atoms with E-state index in [-0.39, 0.29) is 12.8 Å². The van der Waals surface area contributed by atoms with Gasteiger partial charge in [-0.2, -0.15) is 13.2 Å². The lowest BCUT2D eigenvalue weighted by Gasteiger charge is -2.32. The van der Waals surface area contributed by atoms with Crippen LogP contribution in [0.2, 0.25) is 5.02 Å². The third-order valence-corrected chi connectivity index (χ3v) is 4.53. The van der Waals surface area contributed by atoms with Gasteiger partial charge in [-0.05, 0) is 31.0 Å². The normalized spacial score (nSPS) is 22.9. The number of rotatable bonds is 2. The van der Waals surface area contributed by atoms with Crippen molar-refractivity contribution in [2.45, 2.75) is 31.9 Å². The smallest absolute Gasteiger partial charge is 0.324 e. The summed E-state index contributed by atoms with van der Waals surface area (Å²) in [5.74, 6) is -3.23. The monoisotopic (exact) mass is 383 g/mol. The van der Waals surface area contributed by atoms with Crippen molar-refractivity contribution in [2.75, 3.05) is 5.32 Å². The number of nitrogens with one attached hydrogen (secondary N) is 1. The number of carbonyl (C=O) groups is 1. The lowest BCUT2D eigenvalue weighted by molar-refractivity contribution is -0.197. The molecule has 0 spiro atoms.